The van der Waals surface area contributed by atoms with Gasteiger partial charge in [-0.05, 0) is 53.9 Å². The first-order valence-corrected chi connectivity index (χ1v) is 10.3. The fraction of sp³-hybridized carbons (Fsp3) is 0.350. The number of sulfonamides is 1. The predicted molar refractivity (Wildman–Crippen MR) is 105 cm³/mol. The molecule has 0 aliphatic carbocycles. The van der Waals surface area contributed by atoms with Crippen LogP contribution in [0.15, 0.2) is 41.3 Å². The van der Waals surface area contributed by atoms with E-state index in [9.17, 15) is 13.2 Å². The Kier molecular flexibility index (Phi) is 5.62. The van der Waals surface area contributed by atoms with Crippen LogP contribution in [0.25, 0.3) is 0 Å². The van der Waals surface area contributed by atoms with Crippen molar-refractivity contribution in [3.8, 4) is 11.5 Å². The lowest BCUT2D eigenvalue weighted by Gasteiger charge is -2.29. The average molecular weight is 404 g/mol. The van der Waals surface area contributed by atoms with Crippen molar-refractivity contribution in [3.63, 3.8) is 0 Å². The van der Waals surface area contributed by atoms with Crippen LogP contribution < -0.4 is 9.47 Å². The molecule has 0 radical (unpaired) electrons. The molecule has 0 fully saturated rings. The largest absolute Gasteiger partial charge is 0.493 e. The number of ether oxygens (including phenoxy) is 2. The zero-order valence-corrected chi connectivity index (χ0v) is 17.2. The summed E-state index contributed by atoms with van der Waals surface area (Å²) in [5, 5.41) is 0. The summed E-state index contributed by atoms with van der Waals surface area (Å²) in [6.07, 6.45) is 0.717. The molecule has 0 N–H and O–H groups in total. The van der Waals surface area contributed by atoms with Gasteiger partial charge in [-0.3, -0.25) is 4.79 Å². The monoisotopic (exact) mass is 404 g/mol. The number of nitrogens with zero attached hydrogens (tertiary/aromatic N) is 2. The summed E-state index contributed by atoms with van der Waals surface area (Å²) in [7, 11) is 2.62. The molecule has 0 aromatic heterocycles. The lowest BCUT2D eigenvalue weighted by Crippen LogP contribution is -2.36. The maximum atomic E-state index is 12.9. The Morgan fingerprint density at radius 2 is 1.57 bits per heavy atom. The Morgan fingerprint density at radius 3 is 2.11 bits per heavy atom. The van der Waals surface area contributed by atoms with Crippen molar-refractivity contribution in [1.82, 2.24) is 9.21 Å². The van der Waals surface area contributed by atoms with E-state index in [2.05, 4.69) is 0 Å². The normalized spacial score (nSPS) is 14.0. The molecular weight excluding hydrogens is 380 g/mol. The molecule has 2 aromatic rings. The third-order valence-corrected chi connectivity index (χ3v) is 6.71. The van der Waals surface area contributed by atoms with Gasteiger partial charge in [0.25, 0.3) is 5.91 Å². The van der Waals surface area contributed by atoms with Crippen molar-refractivity contribution in [2.24, 2.45) is 0 Å². The molecule has 2 aromatic carbocycles. The predicted octanol–water partition coefficient (Wildman–Crippen LogP) is 2.15. The Hall–Kier alpha value is -2.58. The smallest absolute Gasteiger partial charge is 0.254 e. The minimum absolute atomic E-state index is 0.130. The van der Waals surface area contributed by atoms with E-state index in [1.807, 2.05) is 12.1 Å². The lowest BCUT2D eigenvalue weighted by atomic mass is 9.98. The van der Waals surface area contributed by atoms with Crippen molar-refractivity contribution >= 4 is 15.9 Å². The standard InChI is InChI=1S/C20H24N2O5S/c1-21(2)28(24,25)17-7-5-14(6-8-17)20(23)22-10-9-15-11-18(26-3)19(27-4)12-16(15)13-22/h5-8,11-12H,9-10,13H2,1-4H3. The van der Waals surface area contributed by atoms with Crippen LogP contribution in [0, 0.1) is 0 Å². The van der Waals surface area contributed by atoms with Gasteiger partial charge in [0.15, 0.2) is 11.5 Å². The number of fused-ring (bicyclic) bond motifs is 1. The van der Waals surface area contributed by atoms with Gasteiger partial charge in [-0.25, -0.2) is 12.7 Å². The first kappa shape index (κ1) is 20.2. The molecule has 3 rings (SSSR count). The van der Waals surface area contributed by atoms with E-state index >= 15 is 0 Å². The molecule has 7 nitrogen and oxygen atoms in total. The first-order valence-electron chi connectivity index (χ1n) is 8.83. The van der Waals surface area contributed by atoms with E-state index in [0.29, 0.717) is 36.6 Å². The minimum Gasteiger partial charge on any atom is -0.493 e. The number of hydrogen-bond donors (Lipinski definition) is 0. The van der Waals surface area contributed by atoms with Gasteiger partial charge in [-0.1, -0.05) is 0 Å². The number of amides is 1. The van der Waals surface area contributed by atoms with Crippen LogP contribution in [-0.2, 0) is 23.0 Å². The highest BCUT2D eigenvalue weighted by atomic mass is 32.2. The fourth-order valence-corrected chi connectivity index (χ4v) is 4.12. The Morgan fingerprint density at radius 1 is 1.00 bits per heavy atom. The van der Waals surface area contributed by atoms with E-state index in [1.165, 1.54) is 26.2 Å². The van der Waals surface area contributed by atoms with Crippen LogP contribution in [-0.4, -0.2) is 58.4 Å². The summed E-state index contributed by atoms with van der Waals surface area (Å²) in [5.41, 5.74) is 2.61. The average Bonchev–Trinajstić information content (AvgIpc) is 2.71. The van der Waals surface area contributed by atoms with E-state index in [-0.39, 0.29) is 10.8 Å². The third-order valence-electron chi connectivity index (χ3n) is 4.89. The van der Waals surface area contributed by atoms with Gasteiger partial charge < -0.3 is 14.4 Å². The van der Waals surface area contributed by atoms with Crippen LogP contribution >= 0.6 is 0 Å². The number of carbonyl (C=O) groups is 1. The highest BCUT2D eigenvalue weighted by Crippen LogP contribution is 2.33. The van der Waals surface area contributed by atoms with Crippen molar-refractivity contribution < 1.29 is 22.7 Å². The van der Waals surface area contributed by atoms with Gasteiger partial charge in [0, 0.05) is 32.7 Å². The van der Waals surface area contributed by atoms with Crippen LogP contribution in [0.2, 0.25) is 0 Å². The molecule has 0 saturated carbocycles. The molecule has 0 atom stereocenters. The summed E-state index contributed by atoms with van der Waals surface area (Å²) < 4.78 is 36.2. The topological polar surface area (TPSA) is 76.1 Å². The Bertz CT molecular complexity index is 984. The van der Waals surface area contributed by atoms with Crippen molar-refractivity contribution in [3.05, 3.63) is 53.1 Å². The molecule has 1 amide bonds. The fourth-order valence-electron chi connectivity index (χ4n) is 3.22. The molecule has 8 heteroatoms. The summed E-state index contributed by atoms with van der Waals surface area (Å²) in [4.78, 5) is 14.8. The Balaban J connectivity index is 1.81. The molecule has 150 valence electrons. The summed E-state index contributed by atoms with van der Waals surface area (Å²) in [6, 6.07) is 9.91. The van der Waals surface area contributed by atoms with Crippen molar-refractivity contribution in [2.75, 3.05) is 34.9 Å². The zero-order chi connectivity index (χ0) is 20.5. The summed E-state index contributed by atoms with van der Waals surface area (Å²) >= 11 is 0. The summed E-state index contributed by atoms with van der Waals surface area (Å²) in [5.74, 6) is 1.18. The zero-order valence-electron chi connectivity index (χ0n) is 16.4. The second kappa shape index (κ2) is 7.81. The van der Waals surface area contributed by atoms with Gasteiger partial charge in [-0.2, -0.15) is 0 Å². The number of rotatable bonds is 5. The highest BCUT2D eigenvalue weighted by Gasteiger charge is 2.24. The maximum absolute atomic E-state index is 12.9. The van der Waals surface area contributed by atoms with E-state index in [0.717, 1.165) is 15.4 Å². The van der Waals surface area contributed by atoms with Gasteiger partial charge >= 0.3 is 0 Å². The van der Waals surface area contributed by atoms with E-state index < -0.39 is 10.0 Å². The van der Waals surface area contributed by atoms with Gasteiger partial charge in [0.1, 0.15) is 0 Å². The van der Waals surface area contributed by atoms with Crippen LogP contribution in [0.5, 0.6) is 11.5 Å². The van der Waals surface area contributed by atoms with Crippen molar-refractivity contribution in [1.29, 1.82) is 0 Å². The number of methoxy groups -OCH3 is 2. The molecule has 1 heterocycles. The molecule has 28 heavy (non-hydrogen) atoms. The SMILES string of the molecule is COc1cc2c(cc1OC)CN(C(=O)c1ccc(S(=O)(=O)N(C)C)cc1)CC2. The van der Waals surface area contributed by atoms with Gasteiger partial charge in [0.05, 0.1) is 19.1 Å². The van der Waals surface area contributed by atoms with Crippen molar-refractivity contribution in [2.45, 2.75) is 17.9 Å². The van der Waals surface area contributed by atoms with E-state index in [4.69, 9.17) is 9.47 Å². The van der Waals surface area contributed by atoms with Gasteiger partial charge in [-0.15, -0.1) is 0 Å². The molecule has 0 unspecified atom stereocenters. The molecule has 0 spiro atoms. The number of hydrogen-bond acceptors (Lipinski definition) is 5. The van der Waals surface area contributed by atoms with Crippen LogP contribution in [0.3, 0.4) is 0 Å². The Labute approximate surface area is 165 Å². The maximum Gasteiger partial charge on any atom is 0.254 e. The molecular formula is C20H24N2O5S. The second-order valence-electron chi connectivity index (χ2n) is 6.76. The van der Waals surface area contributed by atoms with Crippen LogP contribution in [0.4, 0.5) is 0 Å². The molecule has 1 aliphatic rings. The van der Waals surface area contributed by atoms with E-state index in [1.54, 1.807) is 31.3 Å². The third kappa shape index (κ3) is 3.70. The molecule has 0 saturated heterocycles. The molecule has 0 bridgehead atoms. The first-order chi connectivity index (χ1) is 13.3. The van der Waals surface area contributed by atoms with Crippen LogP contribution in [0.1, 0.15) is 21.5 Å². The minimum atomic E-state index is -3.52. The summed E-state index contributed by atoms with van der Waals surface area (Å²) in [6.45, 7) is 1.05. The highest BCUT2D eigenvalue weighted by molar-refractivity contribution is 7.89. The molecule has 1 aliphatic heterocycles. The lowest BCUT2D eigenvalue weighted by molar-refractivity contribution is 0.0734. The quantitative estimate of drug-likeness (QED) is 0.763. The number of carbonyl (C=O) groups excluding carboxylic acids is 1. The van der Waals surface area contributed by atoms with Gasteiger partial charge in [0.2, 0.25) is 10.0 Å². The second-order valence-corrected chi connectivity index (χ2v) is 8.92. The number of benzene rings is 2.